The Morgan fingerprint density at radius 2 is 2.17 bits per heavy atom. The highest BCUT2D eigenvalue weighted by atomic mass is 32.1. The molecule has 0 aliphatic carbocycles. The van der Waals surface area contributed by atoms with Crippen LogP contribution < -0.4 is 5.32 Å². The van der Waals surface area contributed by atoms with Gasteiger partial charge in [-0.25, -0.2) is 0 Å². The molecular formula is C14H20N2OS. The fourth-order valence-electron chi connectivity index (χ4n) is 2.39. The summed E-state index contributed by atoms with van der Waals surface area (Å²) in [6, 6.07) is 7.30. The van der Waals surface area contributed by atoms with Gasteiger partial charge >= 0.3 is 0 Å². The molecule has 1 aliphatic heterocycles. The van der Waals surface area contributed by atoms with Crippen molar-refractivity contribution in [1.82, 2.24) is 10.2 Å². The van der Waals surface area contributed by atoms with E-state index in [4.69, 9.17) is 0 Å². The molecule has 1 fully saturated rings. The van der Waals surface area contributed by atoms with Crippen LogP contribution in [0.1, 0.15) is 23.2 Å². The summed E-state index contributed by atoms with van der Waals surface area (Å²) >= 11 is 4.21. The Balaban J connectivity index is 1.82. The molecule has 1 heterocycles. The van der Waals surface area contributed by atoms with Crippen molar-refractivity contribution in [2.24, 2.45) is 5.92 Å². The van der Waals surface area contributed by atoms with Gasteiger partial charge in [0.25, 0.3) is 5.91 Å². The van der Waals surface area contributed by atoms with Gasteiger partial charge in [0, 0.05) is 23.5 Å². The number of hydrogen-bond acceptors (Lipinski definition) is 3. The third kappa shape index (κ3) is 3.75. The standard InChI is InChI=1S/C14H20N2OS/c1-16-8-2-3-11(10-16)9-15-14(17)12-4-6-13(18)7-5-12/h4-7,11,18H,2-3,8-10H2,1H3,(H,15,17). The summed E-state index contributed by atoms with van der Waals surface area (Å²) in [6.07, 6.45) is 2.44. The quantitative estimate of drug-likeness (QED) is 0.819. The van der Waals surface area contributed by atoms with E-state index in [9.17, 15) is 4.79 Å². The van der Waals surface area contributed by atoms with E-state index in [2.05, 4.69) is 29.9 Å². The van der Waals surface area contributed by atoms with Crippen molar-refractivity contribution in [2.45, 2.75) is 17.7 Å². The molecule has 0 saturated carbocycles. The maximum absolute atomic E-state index is 11.9. The number of benzene rings is 1. The van der Waals surface area contributed by atoms with Gasteiger partial charge in [0.15, 0.2) is 0 Å². The lowest BCUT2D eigenvalue weighted by Crippen LogP contribution is -2.39. The number of thiol groups is 1. The SMILES string of the molecule is CN1CCCC(CNC(=O)c2ccc(S)cc2)C1. The highest BCUT2D eigenvalue weighted by Crippen LogP contribution is 2.14. The molecule has 1 saturated heterocycles. The molecule has 1 aliphatic rings. The van der Waals surface area contributed by atoms with Crippen LogP contribution in [0.2, 0.25) is 0 Å². The Bertz CT molecular complexity index is 405. The molecule has 1 N–H and O–H groups in total. The molecule has 18 heavy (non-hydrogen) atoms. The van der Waals surface area contributed by atoms with E-state index in [0.29, 0.717) is 11.5 Å². The predicted octanol–water partition coefficient (Wildman–Crippen LogP) is 2.05. The number of rotatable bonds is 3. The maximum atomic E-state index is 11.9. The molecule has 3 nitrogen and oxygen atoms in total. The highest BCUT2D eigenvalue weighted by molar-refractivity contribution is 7.80. The summed E-state index contributed by atoms with van der Waals surface area (Å²) in [7, 11) is 2.14. The number of nitrogens with one attached hydrogen (secondary N) is 1. The van der Waals surface area contributed by atoms with Gasteiger partial charge in [0.2, 0.25) is 0 Å². The Labute approximate surface area is 114 Å². The van der Waals surface area contributed by atoms with E-state index in [1.807, 2.05) is 24.3 Å². The number of hydrogen-bond donors (Lipinski definition) is 2. The Kier molecular flexibility index (Phi) is 4.66. The number of carbonyl (C=O) groups is 1. The average molecular weight is 264 g/mol. The number of carbonyl (C=O) groups excluding carboxylic acids is 1. The first-order valence-electron chi connectivity index (χ1n) is 6.41. The summed E-state index contributed by atoms with van der Waals surface area (Å²) in [4.78, 5) is 15.1. The summed E-state index contributed by atoms with van der Waals surface area (Å²) in [5.74, 6) is 0.591. The minimum absolute atomic E-state index is 0.0107. The Morgan fingerprint density at radius 3 is 2.83 bits per heavy atom. The second-order valence-corrected chi connectivity index (χ2v) is 5.54. The van der Waals surface area contributed by atoms with E-state index in [-0.39, 0.29) is 5.91 Å². The first-order chi connectivity index (χ1) is 8.65. The minimum Gasteiger partial charge on any atom is -0.352 e. The summed E-state index contributed by atoms with van der Waals surface area (Å²) in [5.41, 5.74) is 0.706. The molecule has 1 aromatic rings. The third-order valence-corrected chi connectivity index (χ3v) is 3.70. The normalized spacial score (nSPS) is 20.7. The van der Waals surface area contributed by atoms with Crippen LogP contribution >= 0.6 is 12.6 Å². The number of amides is 1. The summed E-state index contributed by atoms with van der Waals surface area (Å²) in [6.45, 7) is 3.02. The molecule has 1 aromatic carbocycles. The van der Waals surface area contributed by atoms with Crippen LogP contribution in [0.4, 0.5) is 0 Å². The van der Waals surface area contributed by atoms with Gasteiger partial charge in [-0.1, -0.05) is 0 Å². The van der Waals surface area contributed by atoms with Crippen LogP contribution in [0.25, 0.3) is 0 Å². The highest BCUT2D eigenvalue weighted by Gasteiger charge is 2.17. The van der Waals surface area contributed by atoms with Crippen molar-refractivity contribution < 1.29 is 4.79 Å². The molecule has 1 unspecified atom stereocenters. The fraction of sp³-hybridized carbons (Fsp3) is 0.500. The van der Waals surface area contributed by atoms with Crippen LogP contribution in [0, 0.1) is 5.92 Å². The van der Waals surface area contributed by atoms with Gasteiger partial charge in [-0.3, -0.25) is 4.79 Å². The van der Waals surface area contributed by atoms with Crippen LogP contribution in [0.5, 0.6) is 0 Å². The average Bonchev–Trinajstić information content (AvgIpc) is 2.37. The van der Waals surface area contributed by atoms with Crippen LogP contribution in [-0.4, -0.2) is 37.5 Å². The largest absolute Gasteiger partial charge is 0.352 e. The van der Waals surface area contributed by atoms with Gasteiger partial charge < -0.3 is 10.2 Å². The first-order valence-corrected chi connectivity index (χ1v) is 6.85. The second-order valence-electron chi connectivity index (χ2n) is 5.03. The van der Waals surface area contributed by atoms with Crippen molar-refractivity contribution >= 4 is 18.5 Å². The van der Waals surface area contributed by atoms with Gasteiger partial charge in [-0.05, 0) is 56.6 Å². The Hall–Kier alpha value is -1.00. The van der Waals surface area contributed by atoms with Crippen molar-refractivity contribution in [2.75, 3.05) is 26.7 Å². The van der Waals surface area contributed by atoms with E-state index in [1.165, 1.54) is 19.4 Å². The summed E-state index contributed by atoms with van der Waals surface area (Å²) < 4.78 is 0. The monoisotopic (exact) mass is 264 g/mol. The smallest absolute Gasteiger partial charge is 0.251 e. The Morgan fingerprint density at radius 1 is 1.44 bits per heavy atom. The maximum Gasteiger partial charge on any atom is 0.251 e. The number of likely N-dealkylation sites (tertiary alicyclic amines) is 1. The van der Waals surface area contributed by atoms with Gasteiger partial charge in [-0.2, -0.15) is 0 Å². The zero-order valence-corrected chi connectivity index (χ0v) is 11.6. The molecule has 0 spiro atoms. The number of nitrogens with zero attached hydrogens (tertiary/aromatic N) is 1. The van der Waals surface area contributed by atoms with Crippen molar-refractivity contribution in [3.63, 3.8) is 0 Å². The molecule has 2 rings (SSSR count). The van der Waals surface area contributed by atoms with Gasteiger partial charge in [0.1, 0.15) is 0 Å². The van der Waals surface area contributed by atoms with Crippen molar-refractivity contribution in [1.29, 1.82) is 0 Å². The van der Waals surface area contributed by atoms with E-state index >= 15 is 0 Å². The zero-order valence-electron chi connectivity index (χ0n) is 10.7. The molecule has 1 amide bonds. The lowest BCUT2D eigenvalue weighted by Gasteiger charge is -2.29. The van der Waals surface area contributed by atoms with Crippen LogP contribution in [0.15, 0.2) is 29.2 Å². The van der Waals surface area contributed by atoms with Crippen molar-refractivity contribution in [3.8, 4) is 0 Å². The molecule has 98 valence electrons. The predicted molar refractivity (Wildman–Crippen MR) is 76.2 cm³/mol. The van der Waals surface area contributed by atoms with E-state index < -0.39 is 0 Å². The third-order valence-electron chi connectivity index (χ3n) is 3.40. The van der Waals surface area contributed by atoms with E-state index in [1.54, 1.807) is 0 Å². The van der Waals surface area contributed by atoms with E-state index in [0.717, 1.165) is 18.0 Å². The molecule has 4 heteroatoms. The van der Waals surface area contributed by atoms with Crippen LogP contribution in [-0.2, 0) is 0 Å². The van der Waals surface area contributed by atoms with Gasteiger partial charge in [0.05, 0.1) is 0 Å². The summed E-state index contributed by atoms with van der Waals surface area (Å²) in [5, 5.41) is 3.02. The second kappa shape index (κ2) is 6.25. The van der Waals surface area contributed by atoms with Gasteiger partial charge in [-0.15, -0.1) is 12.6 Å². The van der Waals surface area contributed by atoms with Crippen LogP contribution in [0.3, 0.4) is 0 Å². The first kappa shape index (κ1) is 13.4. The molecule has 0 radical (unpaired) electrons. The number of piperidine rings is 1. The zero-order chi connectivity index (χ0) is 13.0. The van der Waals surface area contributed by atoms with Crippen molar-refractivity contribution in [3.05, 3.63) is 29.8 Å². The lowest BCUT2D eigenvalue weighted by atomic mass is 9.98. The molecular weight excluding hydrogens is 244 g/mol. The lowest BCUT2D eigenvalue weighted by molar-refractivity contribution is 0.0937. The molecule has 0 bridgehead atoms. The minimum atomic E-state index is 0.0107. The molecule has 0 aromatic heterocycles. The fourth-order valence-corrected chi connectivity index (χ4v) is 2.54. The topological polar surface area (TPSA) is 32.3 Å². The molecule has 1 atom stereocenters.